The van der Waals surface area contributed by atoms with Gasteiger partial charge in [-0.3, -0.25) is 4.79 Å². The molecular weight excluding hydrogens is 292 g/mol. The third-order valence-corrected chi connectivity index (χ3v) is 4.34. The molecule has 1 aromatic carbocycles. The van der Waals surface area contributed by atoms with Crippen LogP contribution in [0.5, 0.6) is 5.75 Å². The number of amides is 1. The number of piperidine rings is 1. The van der Waals surface area contributed by atoms with Crippen molar-refractivity contribution < 1.29 is 9.53 Å². The highest BCUT2D eigenvalue weighted by Crippen LogP contribution is 2.21. The minimum absolute atomic E-state index is 0.0248. The molecule has 3 rings (SSSR count). The van der Waals surface area contributed by atoms with Gasteiger partial charge in [0.2, 0.25) is 0 Å². The van der Waals surface area contributed by atoms with E-state index in [4.69, 9.17) is 4.74 Å². The second-order valence-electron chi connectivity index (χ2n) is 6.14. The van der Waals surface area contributed by atoms with E-state index in [9.17, 15) is 4.79 Å². The van der Waals surface area contributed by atoms with Crippen LogP contribution in [0.1, 0.15) is 35.9 Å². The average molecular weight is 314 g/mol. The van der Waals surface area contributed by atoms with Crippen molar-refractivity contribution in [2.45, 2.75) is 26.7 Å². The fourth-order valence-corrected chi connectivity index (χ4v) is 3.04. The van der Waals surface area contributed by atoms with E-state index in [-0.39, 0.29) is 5.91 Å². The van der Waals surface area contributed by atoms with Crippen molar-refractivity contribution in [3.63, 3.8) is 0 Å². The van der Waals surface area contributed by atoms with Gasteiger partial charge in [-0.1, -0.05) is 18.2 Å². The first-order chi connectivity index (χ1) is 11.1. The molecule has 2 aromatic rings. The molecule has 2 heterocycles. The summed E-state index contributed by atoms with van der Waals surface area (Å²) < 4.78 is 6.92. The van der Waals surface area contributed by atoms with Crippen LogP contribution in [-0.4, -0.2) is 46.0 Å². The lowest BCUT2D eigenvalue weighted by Gasteiger charge is -2.30. The van der Waals surface area contributed by atoms with E-state index in [0.29, 0.717) is 11.6 Å². The summed E-state index contributed by atoms with van der Waals surface area (Å²) in [7, 11) is 1.62. The molecule has 122 valence electrons. The van der Waals surface area contributed by atoms with E-state index >= 15 is 0 Å². The smallest absolute Gasteiger partial charge is 0.276 e. The van der Waals surface area contributed by atoms with Crippen LogP contribution in [0.4, 0.5) is 0 Å². The number of hydrogen-bond acceptors (Lipinski definition) is 4. The zero-order valence-corrected chi connectivity index (χ0v) is 13.8. The first-order valence-electron chi connectivity index (χ1n) is 7.96. The molecule has 1 aromatic heterocycles. The van der Waals surface area contributed by atoms with Gasteiger partial charge >= 0.3 is 0 Å². The van der Waals surface area contributed by atoms with Crippen molar-refractivity contribution in [2.24, 2.45) is 5.92 Å². The molecule has 1 amide bonds. The predicted molar refractivity (Wildman–Crippen MR) is 86.9 cm³/mol. The van der Waals surface area contributed by atoms with E-state index < -0.39 is 0 Å². The van der Waals surface area contributed by atoms with Gasteiger partial charge in [0.15, 0.2) is 5.69 Å². The van der Waals surface area contributed by atoms with Crippen molar-refractivity contribution >= 4 is 5.91 Å². The molecule has 1 aliphatic rings. The van der Waals surface area contributed by atoms with Gasteiger partial charge in [0.25, 0.3) is 5.91 Å². The van der Waals surface area contributed by atoms with Crippen LogP contribution < -0.4 is 4.74 Å². The molecule has 0 N–H and O–H groups in total. The number of nitrogens with zero attached hydrogens (tertiary/aromatic N) is 4. The second-order valence-corrected chi connectivity index (χ2v) is 6.14. The van der Waals surface area contributed by atoms with E-state index in [2.05, 4.69) is 17.2 Å². The molecule has 0 radical (unpaired) electrons. The molecule has 0 aliphatic carbocycles. The molecule has 23 heavy (non-hydrogen) atoms. The fourth-order valence-electron chi connectivity index (χ4n) is 3.04. The summed E-state index contributed by atoms with van der Waals surface area (Å²) in [6.45, 7) is 5.65. The number of ether oxygens (including phenoxy) is 1. The first-order valence-corrected chi connectivity index (χ1v) is 7.96. The van der Waals surface area contributed by atoms with Crippen molar-refractivity contribution in [2.75, 3.05) is 20.2 Å². The molecule has 0 unspecified atom stereocenters. The van der Waals surface area contributed by atoms with Gasteiger partial charge in [-0.25, -0.2) is 4.68 Å². The minimum Gasteiger partial charge on any atom is -0.497 e. The van der Waals surface area contributed by atoms with E-state index in [1.54, 1.807) is 11.8 Å². The van der Waals surface area contributed by atoms with Crippen LogP contribution in [-0.2, 0) is 0 Å². The van der Waals surface area contributed by atoms with Gasteiger partial charge in [-0.15, -0.1) is 5.10 Å². The van der Waals surface area contributed by atoms with Gasteiger partial charge < -0.3 is 9.64 Å². The Morgan fingerprint density at radius 2 is 2.22 bits per heavy atom. The lowest BCUT2D eigenvalue weighted by Crippen LogP contribution is -2.39. The Kier molecular flexibility index (Phi) is 4.32. The Morgan fingerprint density at radius 1 is 1.39 bits per heavy atom. The number of likely N-dealkylation sites (tertiary alicyclic amines) is 1. The van der Waals surface area contributed by atoms with Gasteiger partial charge in [0.1, 0.15) is 5.75 Å². The maximum atomic E-state index is 12.7. The summed E-state index contributed by atoms with van der Waals surface area (Å²) in [6.07, 6.45) is 2.23. The van der Waals surface area contributed by atoms with Gasteiger partial charge in [0, 0.05) is 19.2 Å². The number of carbonyl (C=O) groups excluding carboxylic acids is 1. The summed E-state index contributed by atoms with van der Waals surface area (Å²) in [5.74, 6) is 1.26. The molecule has 1 aliphatic heterocycles. The van der Waals surface area contributed by atoms with Crippen LogP contribution in [0.2, 0.25) is 0 Å². The Bertz CT molecular complexity index is 710. The van der Waals surface area contributed by atoms with Crippen LogP contribution in [0.3, 0.4) is 0 Å². The quantitative estimate of drug-likeness (QED) is 0.873. The highest BCUT2D eigenvalue weighted by Gasteiger charge is 2.26. The Labute approximate surface area is 136 Å². The Balaban J connectivity index is 1.88. The number of aromatic nitrogens is 3. The maximum absolute atomic E-state index is 12.7. The fraction of sp³-hybridized carbons (Fsp3) is 0.471. The SMILES string of the molecule is COc1cccc(-n2nnc(C(=O)N3CCC[C@@H](C)C3)c2C)c1. The van der Waals surface area contributed by atoms with Crippen LogP contribution in [0.15, 0.2) is 24.3 Å². The van der Waals surface area contributed by atoms with Crippen molar-refractivity contribution in [1.82, 2.24) is 19.9 Å². The zero-order chi connectivity index (χ0) is 16.4. The van der Waals surface area contributed by atoms with Crippen molar-refractivity contribution in [3.8, 4) is 11.4 Å². The van der Waals surface area contributed by atoms with Crippen LogP contribution in [0.25, 0.3) is 5.69 Å². The predicted octanol–water partition coefficient (Wildman–Crippen LogP) is 2.46. The van der Waals surface area contributed by atoms with Crippen molar-refractivity contribution in [1.29, 1.82) is 0 Å². The van der Waals surface area contributed by atoms with Crippen molar-refractivity contribution in [3.05, 3.63) is 35.7 Å². The zero-order valence-electron chi connectivity index (χ0n) is 13.8. The maximum Gasteiger partial charge on any atom is 0.276 e. The summed E-state index contributed by atoms with van der Waals surface area (Å²) >= 11 is 0. The molecule has 6 heteroatoms. The Morgan fingerprint density at radius 3 is 2.96 bits per heavy atom. The minimum atomic E-state index is -0.0248. The molecule has 1 saturated heterocycles. The van der Waals surface area contributed by atoms with Gasteiger partial charge in [-0.2, -0.15) is 0 Å². The molecule has 1 atom stereocenters. The Hall–Kier alpha value is -2.37. The number of benzene rings is 1. The third-order valence-electron chi connectivity index (χ3n) is 4.34. The monoisotopic (exact) mass is 314 g/mol. The molecule has 0 spiro atoms. The summed E-state index contributed by atoms with van der Waals surface area (Å²) in [4.78, 5) is 14.6. The second kappa shape index (κ2) is 6.40. The highest BCUT2D eigenvalue weighted by atomic mass is 16.5. The number of rotatable bonds is 3. The molecule has 0 bridgehead atoms. The van der Waals surface area contributed by atoms with E-state index in [0.717, 1.165) is 36.6 Å². The summed E-state index contributed by atoms with van der Waals surface area (Å²) in [5.41, 5.74) is 2.02. The standard InChI is InChI=1S/C17H22N4O2/c1-12-6-5-9-20(11-12)17(22)16-13(2)21(19-18-16)14-7-4-8-15(10-14)23-3/h4,7-8,10,12H,5-6,9,11H2,1-3H3/t12-/m1/s1. The summed E-state index contributed by atoms with van der Waals surface area (Å²) in [5, 5.41) is 8.29. The summed E-state index contributed by atoms with van der Waals surface area (Å²) in [6, 6.07) is 7.56. The lowest BCUT2D eigenvalue weighted by atomic mass is 10.00. The molecule has 0 saturated carbocycles. The average Bonchev–Trinajstić information content (AvgIpc) is 2.95. The van der Waals surface area contributed by atoms with Gasteiger partial charge in [-0.05, 0) is 37.8 Å². The first kappa shape index (κ1) is 15.5. The van der Waals surface area contributed by atoms with Crippen LogP contribution in [0, 0.1) is 12.8 Å². The normalized spacial score (nSPS) is 18.0. The van der Waals surface area contributed by atoms with Crippen LogP contribution >= 0.6 is 0 Å². The number of methoxy groups -OCH3 is 1. The highest BCUT2D eigenvalue weighted by molar-refractivity contribution is 5.93. The third kappa shape index (κ3) is 3.06. The van der Waals surface area contributed by atoms with E-state index in [1.807, 2.05) is 36.1 Å². The van der Waals surface area contributed by atoms with E-state index in [1.165, 1.54) is 6.42 Å². The lowest BCUT2D eigenvalue weighted by molar-refractivity contribution is 0.0676. The number of hydrogen-bond donors (Lipinski definition) is 0. The molecular formula is C17H22N4O2. The largest absolute Gasteiger partial charge is 0.497 e. The molecule has 1 fully saturated rings. The topological polar surface area (TPSA) is 60.2 Å². The molecule has 6 nitrogen and oxygen atoms in total. The van der Waals surface area contributed by atoms with Gasteiger partial charge in [0.05, 0.1) is 18.5 Å². The number of carbonyl (C=O) groups is 1.